The second kappa shape index (κ2) is 7.48. The molecule has 1 aromatic heterocycles. The summed E-state index contributed by atoms with van der Waals surface area (Å²) >= 11 is 0. The van der Waals surface area contributed by atoms with Crippen molar-refractivity contribution in [1.82, 2.24) is 25.5 Å². The maximum atomic E-state index is 11.8. The molecule has 0 spiro atoms. The summed E-state index contributed by atoms with van der Waals surface area (Å²) in [6.45, 7) is 3.98. The zero-order valence-electron chi connectivity index (χ0n) is 15.8. The summed E-state index contributed by atoms with van der Waals surface area (Å²) in [5.74, 6) is 1.94. The van der Waals surface area contributed by atoms with E-state index in [1.165, 1.54) is 0 Å². The van der Waals surface area contributed by atoms with Crippen LogP contribution < -0.4 is 14.8 Å². The Hall–Kier alpha value is -2.92. The predicted molar refractivity (Wildman–Crippen MR) is 96.7 cm³/mol. The van der Waals surface area contributed by atoms with E-state index in [-0.39, 0.29) is 24.9 Å². The monoisotopic (exact) mass is 403 g/mol. The molecule has 5 rings (SSSR count). The van der Waals surface area contributed by atoms with E-state index in [0.29, 0.717) is 43.7 Å². The number of nitrogens with zero attached hydrogens (tertiary/aromatic N) is 4. The molecule has 154 valence electrons. The van der Waals surface area contributed by atoms with Crippen LogP contribution in [0.2, 0.25) is 0 Å². The van der Waals surface area contributed by atoms with Crippen molar-refractivity contribution in [2.45, 2.75) is 31.3 Å². The van der Waals surface area contributed by atoms with Crippen LogP contribution in [0.15, 0.2) is 18.2 Å². The molecule has 0 unspecified atom stereocenters. The van der Waals surface area contributed by atoms with Crippen LogP contribution >= 0.6 is 0 Å². The molecule has 4 atom stereocenters. The molecule has 11 heteroatoms. The van der Waals surface area contributed by atoms with Gasteiger partial charge >= 0.3 is 6.09 Å². The van der Waals surface area contributed by atoms with Crippen LogP contribution in [0.25, 0.3) is 11.4 Å². The van der Waals surface area contributed by atoms with E-state index in [2.05, 4.69) is 20.8 Å². The average Bonchev–Trinajstić information content (AvgIpc) is 3.45. The first kappa shape index (κ1) is 18.1. The average molecular weight is 403 g/mol. The van der Waals surface area contributed by atoms with Gasteiger partial charge in [-0.25, -0.2) is 9.48 Å². The molecule has 0 radical (unpaired) electrons. The van der Waals surface area contributed by atoms with Gasteiger partial charge in [0.25, 0.3) is 0 Å². The summed E-state index contributed by atoms with van der Waals surface area (Å²) < 4.78 is 30.1. The zero-order valence-corrected chi connectivity index (χ0v) is 15.8. The minimum atomic E-state index is -0.479. The molecule has 0 saturated carbocycles. The Balaban J connectivity index is 1.36. The number of amides is 1. The van der Waals surface area contributed by atoms with Crippen molar-refractivity contribution in [2.24, 2.45) is 0 Å². The molecule has 1 aromatic carbocycles. The Bertz CT molecular complexity index is 905. The second-order valence-corrected chi connectivity index (χ2v) is 6.94. The lowest BCUT2D eigenvalue weighted by atomic mass is 10.1. The van der Waals surface area contributed by atoms with E-state index in [1.54, 1.807) is 4.68 Å². The van der Waals surface area contributed by atoms with Gasteiger partial charge in [-0.05, 0) is 35.5 Å². The fourth-order valence-electron chi connectivity index (χ4n) is 3.87. The summed E-state index contributed by atoms with van der Waals surface area (Å²) in [5.41, 5.74) is 0.802. The van der Waals surface area contributed by atoms with Crippen LogP contribution in [0.5, 0.6) is 11.5 Å². The summed E-state index contributed by atoms with van der Waals surface area (Å²) in [5, 5.41) is 14.8. The maximum absolute atomic E-state index is 11.8. The number of aromatic nitrogens is 4. The molecule has 4 heterocycles. The first-order valence-corrected chi connectivity index (χ1v) is 9.60. The number of nitrogens with one attached hydrogen (secondary N) is 1. The highest BCUT2D eigenvalue weighted by Crippen LogP contribution is 2.38. The van der Waals surface area contributed by atoms with Crippen molar-refractivity contribution >= 4 is 6.09 Å². The number of benzene rings is 1. The minimum absolute atomic E-state index is 0.235. The molecular weight excluding hydrogens is 382 g/mol. The van der Waals surface area contributed by atoms with Crippen molar-refractivity contribution in [3.8, 4) is 22.9 Å². The summed E-state index contributed by atoms with van der Waals surface area (Å²) in [7, 11) is 0. The smallest absolute Gasteiger partial charge is 0.407 e. The SMILES string of the molecule is CCNC(=O)O[C@@H]1CO[C@H]2[C@@H]1OC[C@@H]2n1nnnc1-c1ccc2c(c1)OCCO2. The number of tetrazole rings is 1. The lowest BCUT2D eigenvalue weighted by Gasteiger charge is -2.20. The number of carbonyl (C=O) groups excluding carboxylic acids is 1. The van der Waals surface area contributed by atoms with Gasteiger partial charge in [0.1, 0.15) is 31.5 Å². The molecule has 1 amide bonds. The second-order valence-electron chi connectivity index (χ2n) is 6.94. The highest BCUT2D eigenvalue weighted by atomic mass is 16.6. The largest absolute Gasteiger partial charge is 0.486 e. The highest BCUT2D eigenvalue weighted by Gasteiger charge is 2.51. The van der Waals surface area contributed by atoms with Crippen LogP contribution in [-0.4, -0.2) is 77.6 Å². The van der Waals surface area contributed by atoms with Gasteiger partial charge in [-0.15, -0.1) is 5.10 Å². The van der Waals surface area contributed by atoms with Crippen molar-refractivity contribution < 1.29 is 28.5 Å². The van der Waals surface area contributed by atoms with E-state index in [1.807, 2.05) is 25.1 Å². The first-order valence-electron chi connectivity index (χ1n) is 9.60. The zero-order chi connectivity index (χ0) is 19.8. The van der Waals surface area contributed by atoms with E-state index >= 15 is 0 Å². The Kier molecular flexibility index (Phi) is 4.68. The van der Waals surface area contributed by atoms with E-state index in [0.717, 1.165) is 5.56 Å². The Morgan fingerprint density at radius 2 is 2.03 bits per heavy atom. The van der Waals surface area contributed by atoms with Crippen molar-refractivity contribution in [3.05, 3.63) is 18.2 Å². The molecule has 3 aliphatic heterocycles. The van der Waals surface area contributed by atoms with E-state index in [9.17, 15) is 4.79 Å². The molecule has 3 aliphatic rings. The topological polar surface area (TPSA) is 119 Å². The third-order valence-corrected chi connectivity index (χ3v) is 5.17. The lowest BCUT2D eigenvalue weighted by molar-refractivity contribution is 0.00320. The molecule has 2 aromatic rings. The third kappa shape index (κ3) is 3.25. The van der Waals surface area contributed by atoms with Gasteiger partial charge in [0.2, 0.25) is 0 Å². The number of hydrogen-bond donors (Lipinski definition) is 1. The lowest BCUT2D eigenvalue weighted by Crippen LogP contribution is -2.37. The maximum Gasteiger partial charge on any atom is 0.407 e. The number of alkyl carbamates (subject to hydrolysis) is 1. The number of hydrogen-bond acceptors (Lipinski definition) is 9. The quantitative estimate of drug-likeness (QED) is 0.781. The van der Waals surface area contributed by atoms with Gasteiger partial charge in [-0.1, -0.05) is 0 Å². The Morgan fingerprint density at radius 3 is 2.90 bits per heavy atom. The molecule has 29 heavy (non-hydrogen) atoms. The molecule has 2 saturated heterocycles. The van der Waals surface area contributed by atoms with Crippen molar-refractivity contribution in [2.75, 3.05) is 33.0 Å². The minimum Gasteiger partial charge on any atom is -0.486 e. The van der Waals surface area contributed by atoms with Crippen molar-refractivity contribution in [3.63, 3.8) is 0 Å². The molecule has 0 aliphatic carbocycles. The third-order valence-electron chi connectivity index (χ3n) is 5.17. The highest BCUT2D eigenvalue weighted by molar-refractivity contribution is 5.67. The number of ether oxygens (including phenoxy) is 5. The van der Waals surface area contributed by atoms with Gasteiger partial charge in [0.05, 0.1) is 13.2 Å². The van der Waals surface area contributed by atoms with Gasteiger partial charge < -0.3 is 29.0 Å². The number of carbonyl (C=O) groups is 1. The number of fused-ring (bicyclic) bond motifs is 2. The fourth-order valence-corrected chi connectivity index (χ4v) is 3.87. The van der Waals surface area contributed by atoms with Gasteiger partial charge in [-0.2, -0.15) is 0 Å². The van der Waals surface area contributed by atoms with Crippen LogP contribution in [0.3, 0.4) is 0 Å². The van der Waals surface area contributed by atoms with Gasteiger partial charge in [0.15, 0.2) is 23.4 Å². The van der Waals surface area contributed by atoms with E-state index in [4.69, 9.17) is 23.7 Å². The van der Waals surface area contributed by atoms with Crippen LogP contribution in [0.1, 0.15) is 13.0 Å². The molecule has 0 bridgehead atoms. The standard InChI is InChI=1S/C18H21N5O6/c1-2-19-18(24)29-14-9-28-15-11(8-27-16(14)15)23-17(20-21-22-23)10-3-4-12-13(7-10)26-6-5-25-12/h3-4,7,11,14-16H,2,5-6,8-9H2,1H3,(H,19,24)/t11-,14+,15+,16+/m0/s1. The van der Waals surface area contributed by atoms with Crippen molar-refractivity contribution in [1.29, 1.82) is 0 Å². The Labute approximate surface area is 166 Å². The van der Waals surface area contributed by atoms with E-state index < -0.39 is 12.2 Å². The molecular formula is C18H21N5O6. The summed E-state index contributed by atoms with van der Waals surface area (Å²) in [6, 6.07) is 5.36. The first-order chi connectivity index (χ1) is 14.2. The normalized spacial score (nSPS) is 27.5. The summed E-state index contributed by atoms with van der Waals surface area (Å²) in [4.78, 5) is 11.8. The van der Waals surface area contributed by atoms with Crippen LogP contribution in [0.4, 0.5) is 4.79 Å². The van der Waals surface area contributed by atoms with Crippen LogP contribution in [-0.2, 0) is 14.2 Å². The molecule has 1 N–H and O–H groups in total. The Morgan fingerprint density at radius 1 is 1.21 bits per heavy atom. The van der Waals surface area contributed by atoms with Gasteiger partial charge in [-0.3, -0.25) is 0 Å². The predicted octanol–water partition coefficient (Wildman–Crippen LogP) is 0.565. The van der Waals surface area contributed by atoms with Crippen LogP contribution in [0, 0.1) is 0 Å². The summed E-state index contributed by atoms with van der Waals surface area (Å²) in [6.07, 6.45) is -1.62. The molecule has 11 nitrogen and oxygen atoms in total. The number of rotatable bonds is 4. The fraction of sp³-hybridized carbons (Fsp3) is 0.556. The molecule has 2 fully saturated rings. The van der Waals surface area contributed by atoms with Gasteiger partial charge in [0, 0.05) is 12.1 Å².